The van der Waals surface area contributed by atoms with Crippen LogP contribution in [0, 0.1) is 43.3 Å². The standard InChI is InChI=1S/C18H17AtF2O3/c1-3-12-9-11(4-7-15(22)23)8-10(2)18(12)24-14-6-5-13(20)16(19)17(14)21/h5-6,8-9H,3-4,7H2,1-2H3,(H,22,23). The number of aryl methyl sites for hydroxylation is 3. The Bertz CT molecular complexity index is 775. The van der Waals surface area contributed by atoms with Gasteiger partial charge in [0.2, 0.25) is 0 Å². The Morgan fingerprint density at radius 3 is 2.62 bits per heavy atom. The summed E-state index contributed by atoms with van der Waals surface area (Å²) in [7, 11) is 0. The second-order valence-electron chi connectivity index (χ2n) is 5.42. The summed E-state index contributed by atoms with van der Waals surface area (Å²) in [6, 6.07) is 6.19. The fourth-order valence-electron chi connectivity index (χ4n) is 2.43. The van der Waals surface area contributed by atoms with Crippen LogP contribution in [0.15, 0.2) is 24.3 Å². The zero-order chi connectivity index (χ0) is 17.9. The SMILES string of the molecule is CCc1cc(CCC(=O)O)cc(C)c1Oc1ccc(F)c([At])c1F. The number of rotatable bonds is 6. The Morgan fingerprint density at radius 1 is 1.29 bits per heavy atom. The Balaban J connectivity index is 2.37. The van der Waals surface area contributed by atoms with Gasteiger partial charge in [0.25, 0.3) is 0 Å². The molecular formula is C18H17AtF2O3. The zero-order valence-electron chi connectivity index (χ0n) is 13.3. The molecule has 0 radical (unpaired) electrons. The fraction of sp³-hybridized carbons (Fsp3) is 0.278. The van der Waals surface area contributed by atoms with E-state index in [1.165, 1.54) is 12.1 Å². The molecule has 0 heterocycles. The average molecular weight is 529 g/mol. The number of carbonyl (C=O) groups is 1. The third-order valence-corrected chi connectivity index (χ3v) is 4.98. The number of carboxylic acid groups (broad SMARTS) is 1. The Kier molecular flexibility index (Phi) is 6.28. The van der Waals surface area contributed by atoms with E-state index < -0.39 is 17.6 Å². The Morgan fingerprint density at radius 2 is 2.00 bits per heavy atom. The van der Waals surface area contributed by atoms with Crippen molar-refractivity contribution < 1.29 is 48.1 Å². The predicted molar refractivity (Wildman–Crippen MR) is 82.6 cm³/mol. The van der Waals surface area contributed by atoms with Crippen LogP contribution < -0.4 is 8.01 Å². The summed E-state index contributed by atoms with van der Waals surface area (Å²) < 4.78 is 33.3. The third-order valence-electron chi connectivity index (χ3n) is 3.63. The number of halogens is 2. The number of ether oxygens (including phenoxy) is 1. The van der Waals surface area contributed by atoms with Gasteiger partial charge in [-0.1, -0.05) is 0 Å². The monoisotopic (exact) mass is 529 g/mol. The third kappa shape index (κ3) is 4.29. The molecule has 0 aliphatic rings. The minimum atomic E-state index is -0.850. The molecule has 0 aliphatic heterocycles. The van der Waals surface area contributed by atoms with E-state index in [2.05, 4.69) is 0 Å². The normalized spacial score (nSPS) is 10.7. The van der Waals surface area contributed by atoms with Crippen molar-refractivity contribution in [1.29, 1.82) is 0 Å². The molecule has 2 aromatic rings. The van der Waals surface area contributed by atoms with Crippen LogP contribution in [-0.2, 0) is 17.6 Å². The van der Waals surface area contributed by atoms with Gasteiger partial charge in [-0.2, -0.15) is 0 Å². The van der Waals surface area contributed by atoms with Gasteiger partial charge in [-0.3, -0.25) is 0 Å². The van der Waals surface area contributed by atoms with Crippen molar-refractivity contribution in [2.45, 2.75) is 33.1 Å². The van der Waals surface area contributed by atoms with Crippen molar-refractivity contribution in [3.05, 3.63) is 52.6 Å². The number of benzene rings is 2. The van der Waals surface area contributed by atoms with E-state index in [-0.39, 0.29) is 15.4 Å². The molecule has 3 nitrogen and oxygen atoms in total. The first-order valence-corrected chi connectivity index (χ1v) is 8.96. The molecule has 0 aliphatic carbocycles. The van der Waals surface area contributed by atoms with Crippen molar-refractivity contribution in [3.8, 4) is 11.5 Å². The van der Waals surface area contributed by atoms with Crippen molar-refractivity contribution in [2.75, 3.05) is 0 Å². The Hall–Kier alpha value is -1.55. The molecular weight excluding hydrogens is 512 g/mol. The summed E-state index contributed by atoms with van der Waals surface area (Å²) in [5, 5.41) is 8.80. The van der Waals surface area contributed by atoms with E-state index in [0.29, 0.717) is 18.6 Å². The van der Waals surface area contributed by atoms with Crippen molar-refractivity contribution >= 4 is 9.24 Å². The van der Waals surface area contributed by atoms with Crippen LogP contribution in [0.3, 0.4) is 0 Å². The summed E-state index contributed by atoms with van der Waals surface area (Å²) in [6.07, 6.45) is 1.13. The quantitative estimate of drug-likeness (QED) is 0.620. The van der Waals surface area contributed by atoms with Crippen LogP contribution in [0.2, 0.25) is 0 Å². The molecule has 0 amide bonds. The maximum absolute atomic E-state index is 14.2. The summed E-state index contributed by atoms with van der Waals surface area (Å²) >= 11 is 0.918. The van der Waals surface area contributed by atoms with Crippen LogP contribution in [-0.4, -0.2) is 11.1 Å². The first-order chi connectivity index (χ1) is 11.3. The van der Waals surface area contributed by atoms with Crippen LogP contribution >= 0.6 is 0 Å². The van der Waals surface area contributed by atoms with Crippen LogP contribution in [0.5, 0.6) is 11.5 Å². The number of carboxylic acids is 1. The molecule has 0 unspecified atom stereocenters. The molecule has 2 aromatic carbocycles. The van der Waals surface area contributed by atoms with Crippen LogP contribution in [0.4, 0.5) is 8.78 Å². The fourth-order valence-corrected chi connectivity index (χ4v) is 3.04. The number of hydrogen-bond donors (Lipinski definition) is 1. The van der Waals surface area contributed by atoms with Crippen molar-refractivity contribution in [1.82, 2.24) is 0 Å². The van der Waals surface area contributed by atoms with Gasteiger partial charge in [0.1, 0.15) is 0 Å². The average Bonchev–Trinajstić information content (AvgIpc) is 2.54. The summed E-state index contributed by atoms with van der Waals surface area (Å²) in [5.74, 6) is -1.61. The molecule has 2 rings (SSSR count). The number of aliphatic carboxylic acids is 1. The predicted octanol–water partition coefficient (Wildman–Crippen LogP) is 3.82. The summed E-state index contributed by atoms with van der Waals surface area (Å²) in [5.41, 5.74) is 2.56. The first kappa shape index (κ1) is 18.8. The maximum atomic E-state index is 14.2. The molecule has 0 bridgehead atoms. The van der Waals surface area contributed by atoms with Gasteiger partial charge in [0, 0.05) is 0 Å². The summed E-state index contributed by atoms with van der Waals surface area (Å²) in [6.45, 7) is 3.77. The number of hydrogen-bond acceptors (Lipinski definition) is 2. The molecule has 0 spiro atoms. The van der Waals surface area contributed by atoms with Gasteiger partial charge < -0.3 is 0 Å². The zero-order valence-corrected chi connectivity index (χ0v) is 16.3. The van der Waals surface area contributed by atoms with Gasteiger partial charge in [-0.15, -0.1) is 0 Å². The van der Waals surface area contributed by atoms with Crippen LogP contribution in [0.1, 0.15) is 30.0 Å². The van der Waals surface area contributed by atoms with Gasteiger partial charge >= 0.3 is 155 Å². The van der Waals surface area contributed by atoms with E-state index >= 15 is 0 Å². The van der Waals surface area contributed by atoms with Crippen molar-refractivity contribution in [2.24, 2.45) is 0 Å². The molecule has 0 atom stereocenters. The first-order valence-electron chi connectivity index (χ1n) is 7.49. The Labute approximate surface area is 154 Å². The topological polar surface area (TPSA) is 46.5 Å². The molecule has 128 valence electrons. The van der Waals surface area contributed by atoms with Crippen molar-refractivity contribution in [3.63, 3.8) is 0 Å². The van der Waals surface area contributed by atoms with E-state index in [9.17, 15) is 13.6 Å². The van der Waals surface area contributed by atoms with E-state index in [4.69, 9.17) is 9.84 Å². The van der Waals surface area contributed by atoms with Gasteiger partial charge in [-0.25, -0.2) is 0 Å². The molecule has 6 heteroatoms. The summed E-state index contributed by atoms with van der Waals surface area (Å²) in [4.78, 5) is 10.7. The van der Waals surface area contributed by atoms with Gasteiger partial charge in [0.05, 0.1) is 0 Å². The van der Waals surface area contributed by atoms with E-state index in [1.807, 2.05) is 26.0 Å². The molecule has 0 saturated heterocycles. The van der Waals surface area contributed by atoms with E-state index in [1.54, 1.807) is 0 Å². The molecule has 0 saturated carbocycles. The second-order valence-corrected chi connectivity index (χ2v) is 6.89. The molecule has 0 aromatic heterocycles. The van der Waals surface area contributed by atoms with Crippen LogP contribution in [0.25, 0.3) is 0 Å². The molecule has 0 fully saturated rings. The minimum absolute atomic E-state index is 0.00927. The van der Waals surface area contributed by atoms with Gasteiger partial charge in [0.15, 0.2) is 0 Å². The molecule has 24 heavy (non-hydrogen) atoms. The van der Waals surface area contributed by atoms with Gasteiger partial charge in [-0.05, 0) is 0 Å². The van der Waals surface area contributed by atoms with E-state index in [0.717, 1.165) is 41.4 Å². The molecule has 1 N–H and O–H groups in total. The second kappa shape index (κ2) is 8.02.